The summed E-state index contributed by atoms with van der Waals surface area (Å²) in [5.74, 6) is 0.223. The van der Waals surface area contributed by atoms with Crippen LogP contribution in [0.5, 0.6) is 0 Å². The Labute approximate surface area is 151 Å². The molecule has 0 atom stereocenters. The molecule has 25 heavy (non-hydrogen) atoms. The number of aromatic amines is 1. The van der Waals surface area contributed by atoms with Gasteiger partial charge in [-0.05, 0) is 18.9 Å². The molecule has 0 unspecified atom stereocenters. The summed E-state index contributed by atoms with van der Waals surface area (Å²) in [5, 5.41) is 6.96. The second kappa shape index (κ2) is 9.43. The number of H-pyrrole nitrogens is 1. The fraction of sp³-hybridized carbons (Fsp3) is 0.471. The number of hydrogen-bond donors (Lipinski definition) is 1. The maximum atomic E-state index is 12.3. The third-order valence-corrected chi connectivity index (χ3v) is 4.71. The summed E-state index contributed by atoms with van der Waals surface area (Å²) in [7, 11) is 3.40. The van der Waals surface area contributed by atoms with Crippen LogP contribution in [0, 0.1) is 6.92 Å². The van der Waals surface area contributed by atoms with Gasteiger partial charge >= 0.3 is 5.69 Å². The van der Waals surface area contributed by atoms with E-state index in [2.05, 4.69) is 10.2 Å². The van der Waals surface area contributed by atoms with Gasteiger partial charge in [-0.25, -0.2) is 9.89 Å². The zero-order valence-corrected chi connectivity index (χ0v) is 15.6. The SMILES string of the molecule is COCCCn1c(SCC(=O)N(C)Cc2ccc(C)cc2)n[nH]c1=O. The van der Waals surface area contributed by atoms with Crippen molar-refractivity contribution in [1.82, 2.24) is 19.7 Å². The summed E-state index contributed by atoms with van der Waals surface area (Å²) in [6.45, 7) is 3.67. The lowest BCUT2D eigenvalue weighted by Gasteiger charge is -2.17. The molecule has 0 aliphatic carbocycles. The van der Waals surface area contributed by atoms with Gasteiger partial charge in [0, 0.05) is 33.9 Å². The highest BCUT2D eigenvalue weighted by Gasteiger charge is 2.14. The van der Waals surface area contributed by atoms with E-state index in [4.69, 9.17) is 4.74 Å². The fourth-order valence-corrected chi connectivity index (χ4v) is 3.18. The first-order valence-corrected chi connectivity index (χ1v) is 9.06. The zero-order valence-electron chi connectivity index (χ0n) is 14.8. The average Bonchev–Trinajstić information content (AvgIpc) is 2.95. The normalized spacial score (nSPS) is 10.8. The van der Waals surface area contributed by atoms with Crippen molar-refractivity contribution >= 4 is 17.7 Å². The highest BCUT2D eigenvalue weighted by molar-refractivity contribution is 7.99. The number of thioether (sulfide) groups is 1. The first kappa shape index (κ1) is 19.3. The molecule has 8 heteroatoms. The van der Waals surface area contributed by atoms with Crippen molar-refractivity contribution in [3.05, 3.63) is 45.9 Å². The first-order chi connectivity index (χ1) is 12.0. The minimum absolute atomic E-state index is 0.00975. The molecule has 1 heterocycles. The van der Waals surface area contributed by atoms with Crippen LogP contribution in [0.15, 0.2) is 34.2 Å². The molecule has 0 fully saturated rings. The smallest absolute Gasteiger partial charge is 0.343 e. The number of benzene rings is 1. The van der Waals surface area contributed by atoms with Crippen LogP contribution in [-0.4, -0.2) is 52.1 Å². The van der Waals surface area contributed by atoms with Gasteiger partial charge in [-0.3, -0.25) is 9.36 Å². The number of carbonyl (C=O) groups excluding carboxylic acids is 1. The van der Waals surface area contributed by atoms with Gasteiger partial charge in [0.25, 0.3) is 0 Å². The Morgan fingerprint density at radius 3 is 2.76 bits per heavy atom. The van der Waals surface area contributed by atoms with Crippen molar-refractivity contribution < 1.29 is 9.53 Å². The Morgan fingerprint density at radius 2 is 2.08 bits per heavy atom. The molecule has 0 bridgehead atoms. The number of aromatic nitrogens is 3. The van der Waals surface area contributed by atoms with Gasteiger partial charge in [-0.15, -0.1) is 5.10 Å². The molecule has 2 aromatic rings. The van der Waals surface area contributed by atoms with Gasteiger partial charge in [-0.1, -0.05) is 41.6 Å². The molecule has 1 aromatic carbocycles. The van der Waals surface area contributed by atoms with Gasteiger partial charge in [0.2, 0.25) is 5.91 Å². The maximum absolute atomic E-state index is 12.3. The molecule has 1 amide bonds. The molecule has 0 aliphatic heterocycles. The summed E-state index contributed by atoms with van der Waals surface area (Å²) >= 11 is 1.26. The first-order valence-electron chi connectivity index (χ1n) is 8.07. The number of rotatable bonds is 9. The van der Waals surface area contributed by atoms with E-state index in [1.165, 1.54) is 21.9 Å². The number of carbonyl (C=O) groups is 1. The largest absolute Gasteiger partial charge is 0.385 e. The molecular weight excluding hydrogens is 340 g/mol. The number of methoxy groups -OCH3 is 1. The van der Waals surface area contributed by atoms with Crippen LogP contribution in [-0.2, 0) is 22.6 Å². The molecule has 1 aromatic heterocycles. The van der Waals surface area contributed by atoms with Gasteiger partial charge in [-0.2, -0.15) is 0 Å². The van der Waals surface area contributed by atoms with Crippen LogP contribution in [0.25, 0.3) is 0 Å². The molecular formula is C17H24N4O3S. The summed E-state index contributed by atoms with van der Waals surface area (Å²) in [4.78, 5) is 25.8. The Balaban J connectivity index is 1.88. The van der Waals surface area contributed by atoms with Crippen LogP contribution < -0.4 is 5.69 Å². The number of amides is 1. The van der Waals surface area contributed by atoms with Crippen molar-refractivity contribution in [3.8, 4) is 0 Å². The lowest BCUT2D eigenvalue weighted by molar-refractivity contribution is -0.127. The van der Waals surface area contributed by atoms with E-state index < -0.39 is 0 Å². The maximum Gasteiger partial charge on any atom is 0.343 e. The molecule has 0 saturated carbocycles. The Morgan fingerprint density at radius 1 is 1.36 bits per heavy atom. The Kier molecular flexibility index (Phi) is 7.27. The van der Waals surface area contributed by atoms with E-state index in [0.717, 1.165) is 5.56 Å². The predicted molar refractivity (Wildman–Crippen MR) is 97.7 cm³/mol. The lowest BCUT2D eigenvalue weighted by atomic mass is 10.1. The molecule has 136 valence electrons. The minimum atomic E-state index is -0.265. The average molecular weight is 364 g/mol. The standard InChI is InChI=1S/C17H24N4O3S/c1-13-5-7-14(8-6-13)11-20(2)15(22)12-25-17-19-18-16(23)21(17)9-4-10-24-3/h5-8H,4,9-12H2,1-3H3,(H,18,23). The number of hydrogen-bond acceptors (Lipinski definition) is 5. The van der Waals surface area contributed by atoms with Crippen LogP contribution in [0.4, 0.5) is 0 Å². The fourth-order valence-electron chi connectivity index (χ4n) is 2.27. The highest BCUT2D eigenvalue weighted by atomic mass is 32.2. The van der Waals surface area contributed by atoms with E-state index in [1.807, 2.05) is 31.2 Å². The van der Waals surface area contributed by atoms with Crippen LogP contribution in [0.2, 0.25) is 0 Å². The molecule has 7 nitrogen and oxygen atoms in total. The third kappa shape index (κ3) is 5.75. The van der Waals surface area contributed by atoms with E-state index in [9.17, 15) is 9.59 Å². The minimum Gasteiger partial charge on any atom is -0.385 e. The van der Waals surface area contributed by atoms with Crippen molar-refractivity contribution in [1.29, 1.82) is 0 Å². The Bertz CT molecular complexity index is 739. The molecule has 1 N–H and O–H groups in total. The summed E-state index contributed by atoms with van der Waals surface area (Å²) in [6, 6.07) is 8.11. The third-order valence-electron chi connectivity index (χ3n) is 3.74. The number of nitrogens with one attached hydrogen (secondary N) is 1. The van der Waals surface area contributed by atoms with Crippen molar-refractivity contribution in [2.45, 2.75) is 31.6 Å². The summed E-state index contributed by atoms with van der Waals surface area (Å²) in [5.41, 5.74) is 2.01. The van der Waals surface area contributed by atoms with E-state index in [-0.39, 0.29) is 17.3 Å². The quantitative estimate of drug-likeness (QED) is 0.541. The van der Waals surface area contributed by atoms with Gasteiger partial charge in [0.15, 0.2) is 5.16 Å². The second-order valence-electron chi connectivity index (χ2n) is 5.83. The van der Waals surface area contributed by atoms with Gasteiger partial charge < -0.3 is 9.64 Å². The predicted octanol–water partition coefficient (Wildman–Crippen LogP) is 1.67. The van der Waals surface area contributed by atoms with E-state index in [0.29, 0.717) is 31.3 Å². The zero-order chi connectivity index (χ0) is 18.2. The number of nitrogens with zero attached hydrogens (tertiary/aromatic N) is 3. The van der Waals surface area contributed by atoms with E-state index in [1.54, 1.807) is 19.1 Å². The summed E-state index contributed by atoms with van der Waals surface area (Å²) in [6.07, 6.45) is 0.713. The van der Waals surface area contributed by atoms with Gasteiger partial charge in [0.05, 0.1) is 5.75 Å². The molecule has 0 aliphatic rings. The van der Waals surface area contributed by atoms with Crippen LogP contribution in [0.1, 0.15) is 17.5 Å². The molecule has 0 saturated heterocycles. The van der Waals surface area contributed by atoms with Crippen LogP contribution in [0.3, 0.4) is 0 Å². The molecule has 2 rings (SSSR count). The van der Waals surface area contributed by atoms with Crippen molar-refractivity contribution in [2.24, 2.45) is 0 Å². The van der Waals surface area contributed by atoms with Crippen LogP contribution >= 0.6 is 11.8 Å². The molecule has 0 radical (unpaired) electrons. The topological polar surface area (TPSA) is 80.2 Å². The van der Waals surface area contributed by atoms with E-state index >= 15 is 0 Å². The number of ether oxygens (including phenoxy) is 1. The van der Waals surface area contributed by atoms with Gasteiger partial charge in [0.1, 0.15) is 0 Å². The Hall–Kier alpha value is -2.06. The summed E-state index contributed by atoms with van der Waals surface area (Å²) < 4.78 is 6.54. The highest BCUT2D eigenvalue weighted by Crippen LogP contribution is 2.15. The number of aryl methyl sites for hydroxylation is 1. The molecule has 0 spiro atoms. The lowest BCUT2D eigenvalue weighted by Crippen LogP contribution is -2.28. The van der Waals surface area contributed by atoms with Crippen molar-refractivity contribution in [2.75, 3.05) is 26.5 Å². The second-order valence-corrected chi connectivity index (χ2v) is 6.78. The monoisotopic (exact) mass is 364 g/mol. The van der Waals surface area contributed by atoms with Crippen molar-refractivity contribution in [3.63, 3.8) is 0 Å².